The van der Waals surface area contributed by atoms with Gasteiger partial charge in [-0.3, -0.25) is 9.88 Å². The Hall–Kier alpha value is -4.63. The van der Waals surface area contributed by atoms with Crippen LogP contribution < -0.4 is 9.64 Å². The van der Waals surface area contributed by atoms with Crippen molar-refractivity contribution in [2.45, 2.75) is 70.3 Å². The van der Waals surface area contributed by atoms with E-state index in [4.69, 9.17) is 15.9 Å². The van der Waals surface area contributed by atoms with Crippen LogP contribution in [0.3, 0.4) is 0 Å². The van der Waals surface area contributed by atoms with Crippen molar-refractivity contribution in [3.63, 3.8) is 0 Å². The summed E-state index contributed by atoms with van der Waals surface area (Å²) in [5.41, 5.74) is -0.246. The zero-order chi connectivity index (χ0) is 35.0. The molecule has 3 atom stereocenters. The molecule has 3 saturated heterocycles. The number of benzene rings is 2. The smallest absolute Gasteiger partial charge is 0.410 e. The second kappa shape index (κ2) is 13.7. The zero-order valence-electron chi connectivity index (χ0n) is 28.5. The lowest BCUT2D eigenvalue weighted by Gasteiger charge is -2.28. The first-order chi connectivity index (χ1) is 23.4. The van der Waals surface area contributed by atoms with Crippen molar-refractivity contribution in [1.82, 2.24) is 24.8 Å². The molecule has 49 heavy (non-hydrogen) atoms. The second-order valence-electron chi connectivity index (χ2n) is 13.8. The lowest BCUT2D eigenvalue weighted by atomic mass is 9.96. The first-order valence-electron chi connectivity index (χ1n) is 16.6. The molecule has 0 radical (unpaired) electrons. The lowest BCUT2D eigenvalue weighted by molar-refractivity contribution is 0.0292. The van der Waals surface area contributed by atoms with Crippen LogP contribution in [0.4, 0.5) is 23.8 Å². The molecule has 3 aliphatic rings. The first kappa shape index (κ1) is 34.2. The van der Waals surface area contributed by atoms with E-state index in [9.17, 15) is 13.6 Å². The Labute approximate surface area is 284 Å². The Morgan fingerprint density at radius 1 is 1.10 bits per heavy atom. The van der Waals surface area contributed by atoms with Crippen LogP contribution in [0.1, 0.15) is 52.0 Å². The van der Waals surface area contributed by atoms with Gasteiger partial charge in [0.15, 0.2) is 5.82 Å². The van der Waals surface area contributed by atoms with Gasteiger partial charge in [0.25, 0.3) is 0 Å². The van der Waals surface area contributed by atoms with E-state index in [1.165, 1.54) is 32.2 Å². The van der Waals surface area contributed by atoms with Crippen molar-refractivity contribution in [3.05, 3.63) is 53.7 Å². The van der Waals surface area contributed by atoms with Gasteiger partial charge in [-0.1, -0.05) is 30.2 Å². The van der Waals surface area contributed by atoms with Crippen LogP contribution in [0.15, 0.2) is 36.5 Å². The third kappa shape index (κ3) is 6.95. The molecule has 0 spiro atoms. The molecule has 0 aliphatic carbocycles. The highest BCUT2D eigenvalue weighted by Crippen LogP contribution is 2.37. The minimum absolute atomic E-state index is 0.00337. The quantitative estimate of drug-likeness (QED) is 0.220. The van der Waals surface area contributed by atoms with Crippen LogP contribution >= 0.6 is 0 Å². The molecule has 3 unspecified atom stereocenters. The first-order valence-corrected chi connectivity index (χ1v) is 16.6. The van der Waals surface area contributed by atoms with Crippen LogP contribution in [-0.4, -0.2) is 95.0 Å². The summed E-state index contributed by atoms with van der Waals surface area (Å²) < 4.78 is 54.3. The number of likely N-dealkylation sites (N-methyl/N-ethyl adjacent to an activating group) is 1. The molecular weight excluding hydrogens is 633 g/mol. The maximum Gasteiger partial charge on any atom is 0.410 e. The third-order valence-electron chi connectivity index (χ3n) is 9.38. The number of pyridine rings is 1. The number of carbonyl (C=O) groups excluding carboxylic acids is 1. The number of amides is 1. The number of aromatic nitrogens is 3. The highest BCUT2D eigenvalue weighted by atomic mass is 19.1. The number of methoxy groups -OCH3 is 1. The monoisotopic (exact) mass is 674 g/mol. The predicted molar refractivity (Wildman–Crippen MR) is 183 cm³/mol. The standard InChI is InChI=1S/C30H29F2N5O3.C7H12FN/c1-7-19-22(31)12-11-17-9-8-10-20(23(17)19)25-24(32)26-21(15-33-25)27(35-28(34-26)39-6)36(5)18-13-14-37(16-18)29(38)40-30(2,3)4;8-6-4-7-2-1-3-9(7)5-6/h1,8-12,15,18H,13-14,16H2,2-6H3;6-7H,1-5H2. The van der Waals surface area contributed by atoms with Crippen LogP contribution in [-0.2, 0) is 4.74 Å². The van der Waals surface area contributed by atoms with E-state index in [0.717, 1.165) is 13.0 Å². The summed E-state index contributed by atoms with van der Waals surface area (Å²) in [5.74, 6) is 1.51. The fourth-order valence-corrected chi connectivity index (χ4v) is 7.01. The maximum absolute atomic E-state index is 16.2. The van der Waals surface area contributed by atoms with E-state index >= 15 is 4.39 Å². The Morgan fingerprint density at radius 2 is 1.90 bits per heavy atom. The Balaban J connectivity index is 0.000000396. The van der Waals surface area contributed by atoms with E-state index < -0.39 is 23.4 Å². The minimum Gasteiger partial charge on any atom is -0.467 e. The molecule has 5 heterocycles. The Kier molecular flexibility index (Phi) is 9.58. The number of alkyl halides is 1. The number of carbonyl (C=O) groups is 1. The van der Waals surface area contributed by atoms with E-state index in [-0.39, 0.29) is 34.9 Å². The van der Waals surface area contributed by atoms with Crippen molar-refractivity contribution in [2.75, 3.05) is 45.2 Å². The van der Waals surface area contributed by atoms with Crippen LogP contribution in [0.2, 0.25) is 0 Å². The minimum atomic E-state index is -0.714. The topological polar surface area (TPSA) is 83.9 Å². The molecule has 7 rings (SSSR count). The van der Waals surface area contributed by atoms with E-state index in [0.29, 0.717) is 59.6 Å². The van der Waals surface area contributed by atoms with Crippen molar-refractivity contribution < 1.29 is 27.4 Å². The number of ether oxygens (including phenoxy) is 2. The number of hydrogen-bond donors (Lipinski definition) is 0. The van der Waals surface area contributed by atoms with Crippen LogP contribution in [0.5, 0.6) is 6.01 Å². The average Bonchev–Trinajstić information content (AvgIpc) is 3.81. The predicted octanol–water partition coefficient (Wildman–Crippen LogP) is 6.75. The Bertz CT molecular complexity index is 1910. The van der Waals surface area contributed by atoms with Gasteiger partial charge < -0.3 is 19.3 Å². The molecule has 2 aromatic carbocycles. The molecule has 4 aromatic rings. The number of hydrogen-bond acceptors (Lipinski definition) is 8. The van der Waals surface area contributed by atoms with E-state index in [1.807, 2.05) is 32.7 Å². The molecule has 258 valence electrons. The summed E-state index contributed by atoms with van der Waals surface area (Å²) in [6, 6.07) is 8.51. The number of halogens is 3. The molecule has 3 fully saturated rings. The van der Waals surface area contributed by atoms with Gasteiger partial charge in [0.05, 0.1) is 18.1 Å². The van der Waals surface area contributed by atoms with Gasteiger partial charge in [0.2, 0.25) is 0 Å². The number of fused-ring (bicyclic) bond motifs is 3. The summed E-state index contributed by atoms with van der Waals surface area (Å²) in [4.78, 5) is 31.6. The van der Waals surface area contributed by atoms with Gasteiger partial charge in [0.1, 0.15) is 34.6 Å². The number of likely N-dealkylation sites (tertiary alicyclic amines) is 1. The summed E-state index contributed by atoms with van der Waals surface area (Å²) in [6.07, 6.45) is 10.2. The van der Waals surface area contributed by atoms with Crippen LogP contribution in [0.25, 0.3) is 32.9 Å². The molecular formula is C37H41F3N6O3. The third-order valence-corrected chi connectivity index (χ3v) is 9.38. The number of terminal acetylenes is 1. The normalized spacial score (nSPS) is 20.6. The Morgan fingerprint density at radius 3 is 2.61 bits per heavy atom. The molecule has 3 aliphatic heterocycles. The van der Waals surface area contributed by atoms with Gasteiger partial charge in [-0.25, -0.2) is 18.0 Å². The lowest BCUT2D eigenvalue weighted by Crippen LogP contribution is -2.39. The highest BCUT2D eigenvalue weighted by Gasteiger charge is 2.35. The molecule has 1 amide bonds. The summed E-state index contributed by atoms with van der Waals surface area (Å²) >= 11 is 0. The van der Waals surface area contributed by atoms with Gasteiger partial charge in [-0.2, -0.15) is 9.97 Å². The second-order valence-corrected chi connectivity index (χ2v) is 13.8. The maximum atomic E-state index is 16.2. The SMILES string of the molecule is C#Cc1c(F)ccc2cccc(-c3ncc4c(N(C)C5CCN(C(=O)OC(C)(C)C)C5)nc(OC)nc4c3F)c12.FC1CC2CCCN2C1. The van der Waals surface area contributed by atoms with E-state index in [1.54, 1.807) is 29.2 Å². The summed E-state index contributed by atoms with van der Waals surface area (Å²) in [5, 5.41) is 1.41. The molecule has 0 bridgehead atoms. The van der Waals surface area contributed by atoms with Crippen molar-refractivity contribution in [3.8, 4) is 29.6 Å². The molecule has 0 saturated carbocycles. The number of rotatable bonds is 4. The van der Waals surface area contributed by atoms with Gasteiger partial charge in [0, 0.05) is 55.9 Å². The van der Waals surface area contributed by atoms with Gasteiger partial charge in [-0.05, 0) is 64.5 Å². The number of anilines is 1. The van der Waals surface area contributed by atoms with Crippen molar-refractivity contribution >= 4 is 33.6 Å². The van der Waals surface area contributed by atoms with Crippen molar-refractivity contribution in [2.24, 2.45) is 0 Å². The highest BCUT2D eigenvalue weighted by molar-refractivity contribution is 6.02. The fraction of sp³-hybridized carbons (Fsp3) is 0.459. The number of nitrogens with zero attached hydrogens (tertiary/aromatic N) is 6. The van der Waals surface area contributed by atoms with Gasteiger partial charge in [-0.15, -0.1) is 6.42 Å². The van der Waals surface area contributed by atoms with Crippen LogP contribution in [0, 0.1) is 24.0 Å². The average molecular weight is 675 g/mol. The summed E-state index contributed by atoms with van der Waals surface area (Å²) in [7, 11) is 3.22. The molecule has 0 N–H and O–H groups in total. The van der Waals surface area contributed by atoms with Gasteiger partial charge >= 0.3 is 12.1 Å². The van der Waals surface area contributed by atoms with Crippen molar-refractivity contribution in [1.29, 1.82) is 0 Å². The molecule has 2 aromatic heterocycles. The molecule has 9 nitrogen and oxygen atoms in total. The summed E-state index contributed by atoms with van der Waals surface area (Å²) in [6.45, 7) is 8.24. The zero-order valence-corrected chi connectivity index (χ0v) is 28.5. The largest absolute Gasteiger partial charge is 0.467 e. The fourth-order valence-electron chi connectivity index (χ4n) is 7.01. The van der Waals surface area contributed by atoms with E-state index in [2.05, 4.69) is 25.8 Å². The molecule has 12 heteroatoms.